The van der Waals surface area contributed by atoms with Crippen molar-refractivity contribution in [2.75, 3.05) is 21.3 Å². The van der Waals surface area contributed by atoms with Gasteiger partial charge in [0.25, 0.3) is 0 Å². The van der Waals surface area contributed by atoms with E-state index < -0.39 is 0 Å². The van der Waals surface area contributed by atoms with Crippen molar-refractivity contribution in [2.24, 2.45) is 0 Å². The number of fused-ring (bicyclic) bond motifs is 2. The summed E-state index contributed by atoms with van der Waals surface area (Å²) in [5.41, 5.74) is 5.17. The van der Waals surface area contributed by atoms with Gasteiger partial charge in [-0.2, -0.15) is 0 Å². The lowest BCUT2D eigenvalue weighted by atomic mass is 10.0. The predicted octanol–water partition coefficient (Wildman–Crippen LogP) is 8.87. The summed E-state index contributed by atoms with van der Waals surface area (Å²) in [7, 11) is 0. The summed E-state index contributed by atoms with van der Waals surface area (Å²) < 4.78 is 0. The van der Waals surface area contributed by atoms with Gasteiger partial charge in [0.15, 0.2) is 0 Å². The van der Waals surface area contributed by atoms with Crippen molar-refractivity contribution >= 4 is 56.4 Å². The molecule has 0 aliphatic heterocycles. The second-order valence-corrected chi connectivity index (χ2v) is 9.78. The summed E-state index contributed by atoms with van der Waals surface area (Å²) in [4.78, 5) is 25.2. The lowest BCUT2D eigenvalue weighted by Crippen LogP contribution is -2.19. The van der Waals surface area contributed by atoms with E-state index in [2.05, 4.69) is 21.3 Å². The molecule has 0 fully saturated rings. The van der Waals surface area contributed by atoms with Crippen LogP contribution in [0.3, 0.4) is 0 Å². The van der Waals surface area contributed by atoms with Crippen molar-refractivity contribution in [2.45, 2.75) is 6.42 Å². The van der Waals surface area contributed by atoms with Crippen LogP contribution in [-0.4, -0.2) is 12.1 Å². The smallest absolute Gasteiger partial charge is 0.308 e. The maximum atomic E-state index is 12.6. The van der Waals surface area contributed by atoms with E-state index in [1.807, 2.05) is 133 Å². The number of carbonyl (C=O) groups is 2. The Kier molecular flexibility index (Phi) is 7.28. The molecule has 0 radical (unpaired) electrons. The molecular formula is C35H28N4O2. The first-order valence-electron chi connectivity index (χ1n) is 13.4. The molecule has 6 rings (SSSR count). The molecule has 200 valence electrons. The minimum absolute atomic E-state index is 0.290. The molecule has 41 heavy (non-hydrogen) atoms. The van der Waals surface area contributed by atoms with Gasteiger partial charge < -0.3 is 21.3 Å². The third kappa shape index (κ3) is 6.18. The molecule has 4 N–H and O–H groups in total. The SMILES string of the molecule is O=C(Nc1ccc(Cc2ccc(NC(=O)Nc3cccc4ccccc34)cc2)cc1)Nc1cccc2ccccc12. The zero-order chi connectivity index (χ0) is 28.0. The fourth-order valence-electron chi connectivity index (χ4n) is 4.89. The number of amides is 4. The number of rotatable bonds is 6. The summed E-state index contributed by atoms with van der Waals surface area (Å²) in [5, 5.41) is 15.8. The maximum absolute atomic E-state index is 12.6. The number of nitrogens with one attached hydrogen (secondary N) is 4. The Bertz CT molecular complexity index is 1700. The Hall–Kier alpha value is -5.62. The van der Waals surface area contributed by atoms with Crippen LogP contribution in [0.25, 0.3) is 21.5 Å². The molecular weight excluding hydrogens is 508 g/mol. The minimum atomic E-state index is -0.290. The number of hydrogen-bond donors (Lipinski definition) is 4. The highest BCUT2D eigenvalue weighted by Gasteiger charge is 2.08. The van der Waals surface area contributed by atoms with Crippen LogP contribution in [0, 0.1) is 0 Å². The van der Waals surface area contributed by atoms with Crippen molar-refractivity contribution in [3.05, 3.63) is 145 Å². The van der Waals surface area contributed by atoms with Gasteiger partial charge in [-0.3, -0.25) is 0 Å². The molecule has 0 bridgehead atoms. The first kappa shape index (κ1) is 25.6. The number of hydrogen-bond acceptors (Lipinski definition) is 2. The molecule has 0 saturated heterocycles. The lowest BCUT2D eigenvalue weighted by Gasteiger charge is -2.11. The maximum Gasteiger partial charge on any atom is 0.323 e. The summed E-state index contributed by atoms with van der Waals surface area (Å²) in [5.74, 6) is 0. The Morgan fingerprint density at radius 3 is 1.24 bits per heavy atom. The fourth-order valence-corrected chi connectivity index (χ4v) is 4.89. The van der Waals surface area contributed by atoms with E-state index in [1.165, 1.54) is 0 Å². The van der Waals surface area contributed by atoms with Crippen LogP contribution in [0.1, 0.15) is 11.1 Å². The van der Waals surface area contributed by atoms with Crippen molar-refractivity contribution in [3.8, 4) is 0 Å². The van der Waals surface area contributed by atoms with E-state index in [0.717, 1.165) is 50.5 Å². The Labute approximate surface area is 238 Å². The van der Waals surface area contributed by atoms with Crippen molar-refractivity contribution in [3.63, 3.8) is 0 Å². The first-order valence-corrected chi connectivity index (χ1v) is 13.4. The van der Waals surface area contributed by atoms with E-state index in [9.17, 15) is 9.59 Å². The molecule has 0 atom stereocenters. The van der Waals surface area contributed by atoms with Gasteiger partial charge in [-0.1, -0.05) is 97.1 Å². The average molecular weight is 537 g/mol. The standard InChI is InChI=1S/C35H28N4O2/c40-34(38-32-13-5-9-26-7-1-3-11-30(26)32)36-28-19-15-24(16-20-28)23-25-17-21-29(22-18-25)37-35(41)39-33-14-6-10-27-8-2-4-12-31(27)33/h1-22H,23H2,(H2,36,38,40)(H2,37,39,41). The van der Waals surface area contributed by atoms with Crippen LogP contribution in [0.5, 0.6) is 0 Å². The fraction of sp³-hybridized carbons (Fsp3) is 0.0286. The zero-order valence-electron chi connectivity index (χ0n) is 22.2. The van der Waals surface area contributed by atoms with Gasteiger partial charge in [-0.05, 0) is 64.7 Å². The van der Waals surface area contributed by atoms with Crippen molar-refractivity contribution in [1.29, 1.82) is 0 Å². The van der Waals surface area contributed by atoms with Crippen LogP contribution in [-0.2, 0) is 6.42 Å². The van der Waals surface area contributed by atoms with Gasteiger partial charge >= 0.3 is 12.1 Å². The van der Waals surface area contributed by atoms with E-state index in [1.54, 1.807) is 0 Å². The highest BCUT2D eigenvalue weighted by atomic mass is 16.2. The normalized spacial score (nSPS) is 10.7. The third-order valence-corrected chi connectivity index (χ3v) is 6.91. The van der Waals surface area contributed by atoms with Gasteiger partial charge in [0.1, 0.15) is 0 Å². The average Bonchev–Trinajstić information content (AvgIpc) is 2.99. The number of urea groups is 2. The minimum Gasteiger partial charge on any atom is -0.308 e. The number of benzene rings is 6. The molecule has 0 aromatic heterocycles. The van der Waals surface area contributed by atoms with Gasteiger partial charge in [0, 0.05) is 22.1 Å². The molecule has 6 nitrogen and oxygen atoms in total. The molecule has 6 heteroatoms. The Balaban J connectivity index is 1.02. The highest BCUT2D eigenvalue weighted by Crippen LogP contribution is 2.25. The van der Waals surface area contributed by atoms with Crippen molar-refractivity contribution < 1.29 is 9.59 Å². The molecule has 0 saturated carbocycles. The monoisotopic (exact) mass is 536 g/mol. The molecule has 0 aliphatic carbocycles. The van der Waals surface area contributed by atoms with Gasteiger partial charge in [-0.25, -0.2) is 9.59 Å². The Morgan fingerprint density at radius 1 is 0.415 bits per heavy atom. The summed E-state index contributed by atoms with van der Waals surface area (Å²) >= 11 is 0. The van der Waals surface area contributed by atoms with Crippen LogP contribution in [0.4, 0.5) is 32.3 Å². The molecule has 0 heterocycles. The van der Waals surface area contributed by atoms with Gasteiger partial charge in [0.2, 0.25) is 0 Å². The highest BCUT2D eigenvalue weighted by molar-refractivity contribution is 6.07. The molecule has 6 aromatic carbocycles. The van der Waals surface area contributed by atoms with E-state index in [0.29, 0.717) is 11.4 Å². The van der Waals surface area contributed by atoms with Gasteiger partial charge in [-0.15, -0.1) is 0 Å². The predicted molar refractivity (Wildman–Crippen MR) is 169 cm³/mol. The van der Waals surface area contributed by atoms with E-state index >= 15 is 0 Å². The second-order valence-electron chi connectivity index (χ2n) is 9.78. The zero-order valence-corrected chi connectivity index (χ0v) is 22.2. The number of carbonyl (C=O) groups excluding carboxylic acids is 2. The first-order chi connectivity index (χ1) is 20.1. The van der Waals surface area contributed by atoms with Crippen LogP contribution >= 0.6 is 0 Å². The Morgan fingerprint density at radius 2 is 0.805 bits per heavy atom. The summed E-state index contributed by atoms with van der Waals surface area (Å²) in [6, 6.07) is 42.6. The summed E-state index contributed by atoms with van der Waals surface area (Å²) in [6.45, 7) is 0. The number of anilines is 4. The molecule has 0 spiro atoms. The lowest BCUT2D eigenvalue weighted by molar-refractivity contribution is 0.261. The second kappa shape index (κ2) is 11.6. The van der Waals surface area contributed by atoms with Crippen molar-refractivity contribution in [1.82, 2.24) is 0 Å². The largest absolute Gasteiger partial charge is 0.323 e. The third-order valence-electron chi connectivity index (χ3n) is 6.91. The van der Waals surface area contributed by atoms with Gasteiger partial charge in [0.05, 0.1) is 11.4 Å². The van der Waals surface area contributed by atoms with Crippen LogP contribution in [0.15, 0.2) is 133 Å². The van der Waals surface area contributed by atoms with E-state index in [4.69, 9.17) is 0 Å². The molecule has 0 unspecified atom stereocenters. The van der Waals surface area contributed by atoms with E-state index in [-0.39, 0.29) is 12.1 Å². The molecule has 0 aliphatic rings. The molecule has 6 aromatic rings. The quantitative estimate of drug-likeness (QED) is 0.171. The summed E-state index contributed by atoms with van der Waals surface area (Å²) in [6.07, 6.45) is 0.727. The van der Waals surface area contributed by atoms with Crippen LogP contribution in [0.2, 0.25) is 0 Å². The van der Waals surface area contributed by atoms with Crippen LogP contribution < -0.4 is 21.3 Å². The molecule has 4 amide bonds. The topological polar surface area (TPSA) is 82.3 Å².